The third-order valence-corrected chi connectivity index (χ3v) is 7.02. The van der Waals surface area contributed by atoms with E-state index in [1.807, 2.05) is 49.3 Å². The Balaban J connectivity index is 2.21. The summed E-state index contributed by atoms with van der Waals surface area (Å²) in [4.78, 5) is 14.7. The molecule has 0 aromatic heterocycles. The van der Waals surface area contributed by atoms with Crippen molar-refractivity contribution < 1.29 is 13.2 Å². The average Bonchev–Trinajstić information content (AvgIpc) is 2.62. The summed E-state index contributed by atoms with van der Waals surface area (Å²) in [5, 5.41) is 2.90. The largest absolute Gasteiger partial charge is 0.350 e. The summed E-state index contributed by atoms with van der Waals surface area (Å²) >= 11 is 3.25. The Morgan fingerprint density at radius 2 is 1.70 bits per heavy atom. The molecule has 1 N–H and O–H groups in total. The first-order chi connectivity index (χ1) is 12.6. The van der Waals surface area contributed by atoms with Crippen molar-refractivity contribution in [3.05, 3.63) is 64.1 Å². The first kappa shape index (κ1) is 21.6. The van der Waals surface area contributed by atoms with E-state index < -0.39 is 10.0 Å². The zero-order chi connectivity index (χ0) is 20.2. The van der Waals surface area contributed by atoms with Gasteiger partial charge < -0.3 is 10.2 Å². The molecule has 2 aromatic rings. The molecule has 0 aliphatic carbocycles. The molecule has 0 bridgehead atoms. The monoisotopic (exact) mass is 453 g/mol. The Morgan fingerprint density at radius 1 is 1.07 bits per heavy atom. The van der Waals surface area contributed by atoms with E-state index in [0.29, 0.717) is 16.6 Å². The van der Waals surface area contributed by atoms with E-state index in [0.717, 1.165) is 9.87 Å². The van der Waals surface area contributed by atoms with E-state index in [4.69, 9.17) is 0 Å². The smallest absolute Gasteiger partial charge is 0.251 e. The van der Waals surface area contributed by atoms with Crippen LogP contribution in [0.2, 0.25) is 0 Å². The normalized spacial score (nSPS) is 13.0. The predicted octanol–water partition coefficient (Wildman–Crippen LogP) is 2.73. The number of halogens is 1. The topological polar surface area (TPSA) is 69.7 Å². The van der Waals surface area contributed by atoms with Crippen molar-refractivity contribution in [1.82, 2.24) is 14.5 Å². The molecular weight excluding hydrogens is 430 g/mol. The molecule has 1 amide bonds. The second kappa shape index (κ2) is 8.97. The molecule has 0 heterocycles. The van der Waals surface area contributed by atoms with Crippen LogP contribution >= 0.6 is 15.9 Å². The quantitative estimate of drug-likeness (QED) is 0.699. The predicted molar refractivity (Wildman–Crippen MR) is 110 cm³/mol. The number of carbonyl (C=O) groups is 1. The molecule has 8 heteroatoms. The van der Waals surface area contributed by atoms with Crippen molar-refractivity contribution in [3.8, 4) is 0 Å². The molecule has 27 heavy (non-hydrogen) atoms. The average molecular weight is 454 g/mol. The van der Waals surface area contributed by atoms with Crippen LogP contribution in [0.4, 0.5) is 0 Å². The fourth-order valence-electron chi connectivity index (χ4n) is 2.60. The molecule has 0 spiro atoms. The molecule has 2 aromatic carbocycles. The number of likely N-dealkylation sites (N-methyl/N-ethyl adjacent to an activating group) is 1. The molecule has 146 valence electrons. The lowest BCUT2D eigenvalue weighted by Gasteiger charge is -2.25. The number of nitrogens with zero attached hydrogens (tertiary/aromatic N) is 2. The lowest BCUT2D eigenvalue weighted by molar-refractivity contribution is 0.0941. The highest BCUT2D eigenvalue weighted by Gasteiger charge is 2.22. The number of rotatable bonds is 7. The van der Waals surface area contributed by atoms with E-state index in [9.17, 15) is 13.2 Å². The van der Waals surface area contributed by atoms with Crippen LogP contribution in [0, 0.1) is 0 Å². The minimum Gasteiger partial charge on any atom is -0.350 e. The van der Waals surface area contributed by atoms with Gasteiger partial charge in [0, 0.05) is 30.7 Å². The maximum absolute atomic E-state index is 12.6. The SMILES string of the molecule is CN(C)C(CNC(=O)c1ccc(Br)c(S(=O)(=O)N(C)C)c1)c1ccccc1. The third-order valence-electron chi connectivity index (χ3n) is 4.22. The van der Waals surface area contributed by atoms with Gasteiger partial charge in [0.1, 0.15) is 0 Å². The number of hydrogen-bond acceptors (Lipinski definition) is 4. The molecule has 6 nitrogen and oxygen atoms in total. The maximum atomic E-state index is 12.6. The van der Waals surface area contributed by atoms with Gasteiger partial charge in [-0.2, -0.15) is 0 Å². The van der Waals surface area contributed by atoms with Crippen molar-refractivity contribution >= 4 is 31.9 Å². The van der Waals surface area contributed by atoms with E-state index >= 15 is 0 Å². The van der Waals surface area contributed by atoms with Crippen molar-refractivity contribution in [3.63, 3.8) is 0 Å². The van der Waals surface area contributed by atoms with E-state index in [1.165, 1.54) is 20.2 Å². The number of benzene rings is 2. The van der Waals surface area contributed by atoms with Gasteiger partial charge in [-0.1, -0.05) is 30.3 Å². The van der Waals surface area contributed by atoms with Crippen molar-refractivity contribution in [2.45, 2.75) is 10.9 Å². The summed E-state index contributed by atoms with van der Waals surface area (Å²) in [5.74, 6) is -0.319. The van der Waals surface area contributed by atoms with Gasteiger partial charge in [-0.3, -0.25) is 4.79 Å². The second-order valence-electron chi connectivity index (χ2n) is 6.53. The van der Waals surface area contributed by atoms with E-state index in [1.54, 1.807) is 12.1 Å². The van der Waals surface area contributed by atoms with Crippen LogP contribution in [0.15, 0.2) is 57.9 Å². The van der Waals surface area contributed by atoms with E-state index in [2.05, 4.69) is 21.2 Å². The second-order valence-corrected chi connectivity index (χ2v) is 9.51. The minimum atomic E-state index is -3.65. The standard InChI is InChI=1S/C19H24BrN3O3S/c1-22(2)17(14-8-6-5-7-9-14)13-21-19(24)15-10-11-16(20)18(12-15)27(25,26)23(3)4/h5-12,17H,13H2,1-4H3,(H,21,24). The Labute approximate surface area is 169 Å². The highest BCUT2D eigenvalue weighted by atomic mass is 79.9. The number of carbonyl (C=O) groups excluding carboxylic acids is 1. The fourth-order valence-corrected chi connectivity index (χ4v) is 4.45. The van der Waals surface area contributed by atoms with Crippen LogP contribution in [-0.4, -0.2) is 58.3 Å². The Bertz CT molecular complexity index is 900. The maximum Gasteiger partial charge on any atom is 0.251 e. The van der Waals surface area contributed by atoms with Crippen LogP contribution in [0.25, 0.3) is 0 Å². The minimum absolute atomic E-state index is 0.00979. The lowest BCUT2D eigenvalue weighted by Crippen LogP contribution is -2.34. The number of sulfonamides is 1. The van der Waals surface area contributed by atoms with Gasteiger partial charge in [0.05, 0.1) is 10.9 Å². The van der Waals surface area contributed by atoms with Crippen LogP contribution in [0.1, 0.15) is 22.0 Å². The molecule has 1 atom stereocenters. The lowest BCUT2D eigenvalue weighted by atomic mass is 10.1. The molecule has 2 rings (SSSR count). The summed E-state index contributed by atoms with van der Waals surface area (Å²) in [6.45, 7) is 0.404. The summed E-state index contributed by atoms with van der Waals surface area (Å²) < 4.78 is 26.4. The fraction of sp³-hybridized carbons (Fsp3) is 0.316. The molecule has 0 aliphatic rings. The summed E-state index contributed by atoms with van der Waals surface area (Å²) in [7, 11) is 3.16. The molecular formula is C19H24BrN3O3S. The van der Waals surface area contributed by atoms with Crippen molar-refractivity contribution in [2.24, 2.45) is 0 Å². The first-order valence-corrected chi connectivity index (χ1v) is 10.6. The van der Waals surface area contributed by atoms with Gasteiger partial charge in [-0.25, -0.2) is 12.7 Å². The number of nitrogens with one attached hydrogen (secondary N) is 1. The van der Waals surface area contributed by atoms with Crippen molar-refractivity contribution in [2.75, 3.05) is 34.7 Å². The van der Waals surface area contributed by atoms with Gasteiger partial charge in [0.25, 0.3) is 5.91 Å². The highest BCUT2D eigenvalue weighted by molar-refractivity contribution is 9.10. The van der Waals surface area contributed by atoms with E-state index in [-0.39, 0.29) is 16.8 Å². The van der Waals surface area contributed by atoms with Gasteiger partial charge in [-0.05, 0) is 53.8 Å². The number of amides is 1. The number of hydrogen-bond donors (Lipinski definition) is 1. The zero-order valence-electron chi connectivity index (χ0n) is 15.8. The molecule has 0 radical (unpaired) electrons. The van der Waals surface area contributed by atoms with Crippen molar-refractivity contribution in [1.29, 1.82) is 0 Å². The van der Waals surface area contributed by atoms with Crippen LogP contribution in [0.5, 0.6) is 0 Å². The molecule has 0 saturated heterocycles. The molecule has 1 unspecified atom stereocenters. The van der Waals surface area contributed by atoms with Gasteiger partial charge in [0.15, 0.2) is 0 Å². The third kappa shape index (κ3) is 5.16. The molecule has 0 aliphatic heterocycles. The summed E-state index contributed by atoms with van der Waals surface area (Å²) in [5.41, 5.74) is 1.39. The first-order valence-electron chi connectivity index (χ1n) is 8.36. The Hall–Kier alpha value is -1.74. The Morgan fingerprint density at radius 3 is 2.26 bits per heavy atom. The van der Waals surface area contributed by atoms with Gasteiger partial charge in [-0.15, -0.1) is 0 Å². The van der Waals surface area contributed by atoms with Crippen LogP contribution < -0.4 is 5.32 Å². The van der Waals surface area contributed by atoms with Gasteiger partial charge in [0.2, 0.25) is 10.0 Å². The zero-order valence-corrected chi connectivity index (χ0v) is 18.2. The molecule has 0 saturated carbocycles. The Kier molecular flexibility index (Phi) is 7.16. The highest BCUT2D eigenvalue weighted by Crippen LogP contribution is 2.25. The van der Waals surface area contributed by atoms with Crippen LogP contribution in [0.3, 0.4) is 0 Å². The molecule has 0 fully saturated rings. The summed E-state index contributed by atoms with van der Waals surface area (Å²) in [6, 6.07) is 14.5. The van der Waals surface area contributed by atoms with Gasteiger partial charge >= 0.3 is 0 Å². The van der Waals surface area contributed by atoms with Crippen LogP contribution in [-0.2, 0) is 10.0 Å². The summed E-state index contributed by atoms with van der Waals surface area (Å²) in [6.07, 6.45) is 0.